The van der Waals surface area contributed by atoms with E-state index in [-0.39, 0.29) is 0 Å². The quantitative estimate of drug-likeness (QED) is 0.939. The lowest BCUT2D eigenvalue weighted by Gasteiger charge is -2.11. The van der Waals surface area contributed by atoms with E-state index in [4.69, 9.17) is 0 Å². The van der Waals surface area contributed by atoms with Gasteiger partial charge in [0.15, 0.2) is 9.84 Å². The highest BCUT2D eigenvalue weighted by Crippen LogP contribution is 2.21. The second kappa shape index (κ2) is 5.67. The van der Waals surface area contributed by atoms with Crippen molar-refractivity contribution in [3.05, 3.63) is 59.2 Å². The van der Waals surface area contributed by atoms with Gasteiger partial charge in [-0.25, -0.2) is 8.42 Å². The van der Waals surface area contributed by atoms with E-state index in [1.165, 1.54) is 17.4 Å². The van der Waals surface area contributed by atoms with Crippen LogP contribution in [-0.4, -0.2) is 14.7 Å². The highest BCUT2D eigenvalue weighted by atomic mass is 32.2. The molecule has 0 atom stereocenters. The molecule has 3 nitrogen and oxygen atoms in total. The van der Waals surface area contributed by atoms with E-state index in [2.05, 4.69) is 37.4 Å². The fourth-order valence-electron chi connectivity index (χ4n) is 2.05. The highest BCUT2D eigenvalue weighted by Gasteiger charge is 2.11. The molecular formula is C16H19NO2S. The maximum absolute atomic E-state index is 11.7. The third kappa shape index (κ3) is 3.39. The minimum Gasteiger partial charge on any atom is -0.380 e. The van der Waals surface area contributed by atoms with Crippen LogP contribution in [0.15, 0.2) is 47.4 Å². The first-order valence-corrected chi connectivity index (χ1v) is 8.36. The molecule has 0 radical (unpaired) electrons. The Bertz CT molecular complexity index is 721. The Hall–Kier alpha value is -1.81. The third-order valence-electron chi connectivity index (χ3n) is 3.34. The van der Waals surface area contributed by atoms with Gasteiger partial charge in [-0.3, -0.25) is 0 Å². The number of benzene rings is 2. The third-order valence-corrected chi connectivity index (χ3v) is 4.50. The van der Waals surface area contributed by atoms with Crippen LogP contribution in [0, 0.1) is 13.8 Å². The van der Waals surface area contributed by atoms with E-state index < -0.39 is 9.84 Å². The fraction of sp³-hybridized carbons (Fsp3) is 0.250. The lowest BCUT2D eigenvalue weighted by atomic mass is 10.1. The molecule has 0 spiro atoms. The first-order valence-electron chi connectivity index (χ1n) is 6.47. The van der Waals surface area contributed by atoms with E-state index in [0.717, 1.165) is 5.56 Å². The summed E-state index contributed by atoms with van der Waals surface area (Å²) in [5.41, 5.74) is 4.27. The van der Waals surface area contributed by atoms with Gasteiger partial charge < -0.3 is 5.32 Å². The molecule has 0 unspecified atom stereocenters. The zero-order valence-corrected chi connectivity index (χ0v) is 12.8. The molecular weight excluding hydrogens is 270 g/mol. The van der Waals surface area contributed by atoms with Crippen LogP contribution in [0.2, 0.25) is 0 Å². The molecule has 0 saturated carbocycles. The van der Waals surface area contributed by atoms with Crippen LogP contribution < -0.4 is 5.32 Å². The SMILES string of the molecule is Cc1ccc(CNc2ccccc2S(C)(=O)=O)cc1C. The van der Waals surface area contributed by atoms with Crippen molar-refractivity contribution >= 4 is 15.5 Å². The Balaban J connectivity index is 2.21. The van der Waals surface area contributed by atoms with Gasteiger partial charge in [-0.05, 0) is 42.7 Å². The first kappa shape index (κ1) is 14.6. The molecule has 0 aromatic heterocycles. The normalized spacial score (nSPS) is 11.3. The minimum absolute atomic E-state index is 0.337. The molecule has 2 rings (SSSR count). The molecule has 2 aromatic rings. The minimum atomic E-state index is -3.22. The topological polar surface area (TPSA) is 46.2 Å². The molecule has 0 amide bonds. The average molecular weight is 289 g/mol. The number of hydrogen-bond donors (Lipinski definition) is 1. The summed E-state index contributed by atoms with van der Waals surface area (Å²) in [6, 6.07) is 13.2. The Morgan fingerprint density at radius 1 is 1.00 bits per heavy atom. The molecule has 1 N–H and O–H groups in total. The average Bonchev–Trinajstić information content (AvgIpc) is 2.39. The predicted octanol–water partition coefficient (Wildman–Crippen LogP) is 3.32. The van der Waals surface area contributed by atoms with Crippen molar-refractivity contribution in [2.75, 3.05) is 11.6 Å². The van der Waals surface area contributed by atoms with Crippen molar-refractivity contribution in [3.8, 4) is 0 Å². The summed E-state index contributed by atoms with van der Waals surface area (Å²) in [5, 5.41) is 3.20. The van der Waals surface area contributed by atoms with Gasteiger partial charge in [0.2, 0.25) is 0 Å². The van der Waals surface area contributed by atoms with Crippen molar-refractivity contribution in [1.82, 2.24) is 0 Å². The summed E-state index contributed by atoms with van der Waals surface area (Å²) in [4.78, 5) is 0.337. The summed E-state index contributed by atoms with van der Waals surface area (Å²) in [6.07, 6.45) is 1.23. The van der Waals surface area contributed by atoms with Crippen molar-refractivity contribution in [2.24, 2.45) is 0 Å². The Kier molecular flexibility index (Phi) is 4.14. The molecule has 0 aliphatic carbocycles. The lowest BCUT2D eigenvalue weighted by Crippen LogP contribution is -2.06. The number of aryl methyl sites for hydroxylation is 2. The lowest BCUT2D eigenvalue weighted by molar-refractivity contribution is 0.602. The smallest absolute Gasteiger partial charge is 0.177 e. The van der Waals surface area contributed by atoms with Gasteiger partial charge in [-0.15, -0.1) is 0 Å². The molecule has 0 saturated heterocycles. The van der Waals surface area contributed by atoms with Gasteiger partial charge in [-0.2, -0.15) is 0 Å². The van der Waals surface area contributed by atoms with Crippen molar-refractivity contribution < 1.29 is 8.42 Å². The summed E-state index contributed by atoms with van der Waals surface area (Å²) in [5.74, 6) is 0. The number of nitrogens with one attached hydrogen (secondary N) is 1. The van der Waals surface area contributed by atoms with Crippen LogP contribution in [0.1, 0.15) is 16.7 Å². The first-order chi connectivity index (χ1) is 9.38. The number of anilines is 1. The van der Waals surface area contributed by atoms with Crippen LogP contribution in [0.3, 0.4) is 0 Å². The predicted molar refractivity (Wildman–Crippen MR) is 82.8 cm³/mol. The zero-order valence-electron chi connectivity index (χ0n) is 12.0. The van der Waals surface area contributed by atoms with Gasteiger partial charge in [0.05, 0.1) is 10.6 Å². The monoisotopic (exact) mass is 289 g/mol. The molecule has 106 valence electrons. The van der Waals surface area contributed by atoms with Gasteiger partial charge in [0.25, 0.3) is 0 Å². The maximum atomic E-state index is 11.7. The number of hydrogen-bond acceptors (Lipinski definition) is 3. The van der Waals surface area contributed by atoms with E-state index in [1.54, 1.807) is 18.2 Å². The zero-order chi connectivity index (χ0) is 14.8. The van der Waals surface area contributed by atoms with E-state index in [9.17, 15) is 8.42 Å². The van der Waals surface area contributed by atoms with Crippen LogP contribution in [0.25, 0.3) is 0 Å². The Labute approximate surface area is 120 Å². The van der Waals surface area contributed by atoms with Gasteiger partial charge in [-0.1, -0.05) is 30.3 Å². The molecule has 4 heteroatoms. The van der Waals surface area contributed by atoms with E-state index in [0.29, 0.717) is 17.1 Å². The molecule has 20 heavy (non-hydrogen) atoms. The molecule has 0 aliphatic heterocycles. The molecule has 0 aliphatic rings. The standard InChI is InChI=1S/C16H19NO2S/c1-12-8-9-14(10-13(12)2)11-17-15-6-4-5-7-16(15)20(3,18)19/h4-10,17H,11H2,1-3H3. The van der Waals surface area contributed by atoms with E-state index >= 15 is 0 Å². The Morgan fingerprint density at radius 2 is 1.70 bits per heavy atom. The molecule has 2 aromatic carbocycles. The number of para-hydroxylation sites is 1. The van der Waals surface area contributed by atoms with Crippen LogP contribution in [0.4, 0.5) is 5.69 Å². The maximum Gasteiger partial charge on any atom is 0.177 e. The summed E-state index contributed by atoms with van der Waals surface area (Å²) in [6.45, 7) is 4.75. The van der Waals surface area contributed by atoms with Gasteiger partial charge in [0.1, 0.15) is 0 Å². The van der Waals surface area contributed by atoms with Crippen LogP contribution >= 0.6 is 0 Å². The summed E-state index contributed by atoms with van der Waals surface area (Å²) < 4.78 is 23.4. The van der Waals surface area contributed by atoms with Crippen LogP contribution in [-0.2, 0) is 16.4 Å². The number of sulfone groups is 1. The van der Waals surface area contributed by atoms with Crippen molar-refractivity contribution in [1.29, 1.82) is 0 Å². The van der Waals surface area contributed by atoms with Gasteiger partial charge in [0, 0.05) is 12.8 Å². The van der Waals surface area contributed by atoms with Crippen molar-refractivity contribution in [3.63, 3.8) is 0 Å². The molecule has 0 bridgehead atoms. The molecule has 0 fully saturated rings. The highest BCUT2D eigenvalue weighted by molar-refractivity contribution is 7.90. The summed E-state index contributed by atoms with van der Waals surface area (Å²) >= 11 is 0. The largest absolute Gasteiger partial charge is 0.380 e. The molecule has 0 heterocycles. The second-order valence-electron chi connectivity index (χ2n) is 5.04. The fourth-order valence-corrected chi connectivity index (χ4v) is 2.91. The summed E-state index contributed by atoms with van der Waals surface area (Å²) in [7, 11) is -3.22. The second-order valence-corrected chi connectivity index (χ2v) is 7.02. The van der Waals surface area contributed by atoms with Gasteiger partial charge >= 0.3 is 0 Å². The van der Waals surface area contributed by atoms with E-state index in [1.807, 2.05) is 6.07 Å². The van der Waals surface area contributed by atoms with Crippen LogP contribution in [0.5, 0.6) is 0 Å². The Morgan fingerprint density at radius 3 is 2.35 bits per heavy atom. The van der Waals surface area contributed by atoms with Crippen molar-refractivity contribution in [2.45, 2.75) is 25.3 Å². The number of rotatable bonds is 4.